The predicted molar refractivity (Wildman–Crippen MR) is 165 cm³/mol. The molecule has 43 heavy (non-hydrogen) atoms. The first-order valence-corrected chi connectivity index (χ1v) is 13.5. The quantitative estimate of drug-likeness (QED) is 0.169. The number of ether oxygens (including phenoxy) is 1. The van der Waals surface area contributed by atoms with E-state index in [0.29, 0.717) is 22.8 Å². The van der Waals surface area contributed by atoms with E-state index >= 15 is 0 Å². The molecule has 0 N–H and O–H groups in total. The molecule has 0 aliphatic carbocycles. The average Bonchev–Trinajstić information content (AvgIpc) is 3.41. The molecule has 0 amide bonds. The van der Waals surface area contributed by atoms with Crippen LogP contribution >= 0.6 is 0 Å². The fourth-order valence-corrected chi connectivity index (χ4v) is 4.79. The predicted octanol–water partition coefficient (Wildman–Crippen LogP) is 9.28. The van der Waals surface area contributed by atoms with Crippen molar-refractivity contribution in [3.63, 3.8) is 0 Å². The summed E-state index contributed by atoms with van der Waals surface area (Å²) >= 11 is 0. The number of nitriles is 1. The molecule has 7 aromatic rings. The van der Waals surface area contributed by atoms with Gasteiger partial charge in [-0.2, -0.15) is 23.5 Å². The molecule has 3 heterocycles. The molecule has 1 radical (unpaired) electrons. The number of nitrogens with zero attached hydrogens (tertiary/aromatic N) is 3. The summed E-state index contributed by atoms with van der Waals surface area (Å²) in [5, 5.41) is 11.2. The van der Waals surface area contributed by atoms with Crippen LogP contribution in [0, 0.1) is 37.3 Å². The Balaban J connectivity index is 0.000000221. The number of furan rings is 1. The number of rotatable bonds is 4. The summed E-state index contributed by atoms with van der Waals surface area (Å²) in [7, 11) is 0. The third-order valence-electron chi connectivity index (χ3n) is 6.89. The average molecular weight is 736 g/mol. The smallest absolute Gasteiger partial charge is 0.216 e. The third kappa shape index (κ3) is 6.39. The molecule has 6 heteroatoms. The molecule has 5 nitrogen and oxygen atoms in total. The van der Waals surface area contributed by atoms with Crippen LogP contribution in [0.15, 0.2) is 120 Å². The molecule has 4 aromatic carbocycles. The topological polar surface area (TPSA) is 71.9 Å². The maximum absolute atomic E-state index is 9.18. The second-order valence-corrected chi connectivity index (χ2v) is 9.72. The van der Waals surface area contributed by atoms with Gasteiger partial charge in [0.1, 0.15) is 5.58 Å². The minimum atomic E-state index is 0. The van der Waals surface area contributed by atoms with Crippen molar-refractivity contribution >= 4 is 21.9 Å². The van der Waals surface area contributed by atoms with Gasteiger partial charge in [0.15, 0.2) is 0 Å². The number of benzene rings is 4. The molecular formula is C37H25IrN3O2-2. The van der Waals surface area contributed by atoms with Gasteiger partial charge in [0, 0.05) is 49.7 Å². The normalized spacial score (nSPS) is 10.3. The maximum atomic E-state index is 9.18. The largest absolute Gasteiger partial charge is 0.501 e. The van der Waals surface area contributed by atoms with Crippen molar-refractivity contribution in [3.8, 4) is 40.1 Å². The Labute approximate surface area is 263 Å². The Bertz CT molecular complexity index is 2010. The zero-order valence-corrected chi connectivity index (χ0v) is 25.9. The summed E-state index contributed by atoms with van der Waals surface area (Å²) in [5.41, 5.74) is 8.37. The summed E-state index contributed by atoms with van der Waals surface area (Å²) in [4.78, 5) is 8.71. The van der Waals surface area contributed by atoms with Crippen molar-refractivity contribution in [3.05, 3.63) is 144 Å². The minimum absolute atomic E-state index is 0. The zero-order chi connectivity index (χ0) is 28.9. The Morgan fingerprint density at radius 1 is 0.767 bits per heavy atom. The fraction of sp³-hybridized carbons (Fsp3) is 0.0541. The molecule has 0 saturated carbocycles. The van der Waals surface area contributed by atoms with E-state index in [0.717, 1.165) is 38.7 Å². The van der Waals surface area contributed by atoms with Crippen LogP contribution in [0.2, 0.25) is 0 Å². The van der Waals surface area contributed by atoms with Crippen molar-refractivity contribution in [2.45, 2.75) is 13.8 Å². The number of aromatic nitrogens is 2. The van der Waals surface area contributed by atoms with Crippen molar-refractivity contribution < 1.29 is 29.3 Å². The number of pyridine rings is 2. The molecule has 0 saturated heterocycles. The van der Waals surface area contributed by atoms with Gasteiger partial charge in [-0.1, -0.05) is 53.4 Å². The van der Waals surface area contributed by atoms with E-state index in [1.54, 1.807) is 24.4 Å². The molecule has 7 rings (SSSR count). The number of fused-ring (bicyclic) bond motifs is 3. The van der Waals surface area contributed by atoms with E-state index < -0.39 is 0 Å². The Morgan fingerprint density at radius 2 is 1.60 bits per heavy atom. The van der Waals surface area contributed by atoms with Crippen LogP contribution in [0.3, 0.4) is 0 Å². The van der Waals surface area contributed by atoms with Gasteiger partial charge in [-0.3, -0.25) is 0 Å². The maximum Gasteiger partial charge on any atom is 0.216 e. The number of aryl methyl sites for hydroxylation is 2. The van der Waals surface area contributed by atoms with Crippen LogP contribution in [0.5, 0.6) is 11.6 Å². The van der Waals surface area contributed by atoms with Gasteiger partial charge in [0.05, 0.1) is 17.2 Å². The first kappa shape index (κ1) is 29.4. The van der Waals surface area contributed by atoms with E-state index in [-0.39, 0.29) is 20.1 Å². The molecule has 0 fully saturated rings. The van der Waals surface area contributed by atoms with Crippen LogP contribution in [0.4, 0.5) is 0 Å². The number of hydrogen-bond acceptors (Lipinski definition) is 5. The molecule has 0 spiro atoms. The summed E-state index contributed by atoms with van der Waals surface area (Å²) in [6.07, 6.45) is 3.60. The van der Waals surface area contributed by atoms with Crippen molar-refractivity contribution in [2.75, 3.05) is 0 Å². The second-order valence-electron chi connectivity index (χ2n) is 9.72. The Kier molecular flexibility index (Phi) is 9.08. The van der Waals surface area contributed by atoms with E-state index in [4.69, 9.17) is 9.15 Å². The van der Waals surface area contributed by atoms with E-state index in [2.05, 4.69) is 72.3 Å². The second kappa shape index (κ2) is 13.3. The van der Waals surface area contributed by atoms with Gasteiger partial charge < -0.3 is 14.1 Å². The van der Waals surface area contributed by atoms with Crippen molar-refractivity contribution in [2.24, 2.45) is 0 Å². The molecule has 0 aliphatic rings. The Morgan fingerprint density at radius 3 is 2.37 bits per heavy atom. The van der Waals surface area contributed by atoms with Gasteiger partial charge in [-0.25, -0.2) is 4.98 Å². The SMILES string of the molecule is Cc1ccccc1-c1cc(-c2[c-]ccc3c2oc2cc(C#N)ccc23)ncc1C.[Ir].[c-]1ccccc1Oc1ccccn1. The summed E-state index contributed by atoms with van der Waals surface area (Å²) in [5.74, 6) is 1.27. The molecule has 0 bridgehead atoms. The van der Waals surface area contributed by atoms with E-state index in [9.17, 15) is 5.26 Å². The molecule has 0 aliphatic heterocycles. The zero-order valence-electron chi connectivity index (χ0n) is 23.5. The molecule has 0 atom stereocenters. The van der Waals surface area contributed by atoms with Crippen LogP contribution in [-0.2, 0) is 20.1 Å². The van der Waals surface area contributed by atoms with Crippen LogP contribution in [0.1, 0.15) is 16.7 Å². The van der Waals surface area contributed by atoms with Gasteiger partial charge in [0.25, 0.3) is 0 Å². The molecular weight excluding hydrogens is 711 g/mol. The van der Waals surface area contributed by atoms with Crippen LogP contribution in [-0.4, -0.2) is 9.97 Å². The van der Waals surface area contributed by atoms with Gasteiger partial charge in [-0.15, -0.1) is 30.3 Å². The first-order chi connectivity index (χ1) is 20.6. The molecule has 211 valence electrons. The van der Waals surface area contributed by atoms with Gasteiger partial charge >= 0.3 is 0 Å². The van der Waals surface area contributed by atoms with E-state index in [1.807, 2.05) is 60.8 Å². The monoisotopic (exact) mass is 736 g/mol. The third-order valence-corrected chi connectivity index (χ3v) is 6.89. The molecule has 3 aromatic heterocycles. The van der Waals surface area contributed by atoms with Gasteiger partial charge in [0.2, 0.25) is 5.88 Å². The first-order valence-electron chi connectivity index (χ1n) is 13.5. The van der Waals surface area contributed by atoms with Gasteiger partial charge in [-0.05, 0) is 60.0 Å². The van der Waals surface area contributed by atoms with Crippen LogP contribution in [0.25, 0.3) is 44.3 Å². The summed E-state index contributed by atoms with van der Waals surface area (Å²) < 4.78 is 11.6. The van der Waals surface area contributed by atoms with E-state index in [1.165, 1.54) is 11.1 Å². The number of hydrogen-bond donors (Lipinski definition) is 0. The minimum Gasteiger partial charge on any atom is -0.501 e. The summed E-state index contributed by atoms with van der Waals surface area (Å²) in [6.45, 7) is 4.20. The van der Waals surface area contributed by atoms with Crippen molar-refractivity contribution in [1.29, 1.82) is 5.26 Å². The van der Waals surface area contributed by atoms with Crippen LogP contribution < -0.4 is 4.74 Å². The number of para-hydroxylation sites is 1. The summed E-state index contributed by atoms with van der Waals surface area (Å²) in [6, 6.07) is 41.3. The standard InChI is InChI=1S/C26H17N2O.C11H8NO.Ir/c1-16-6-3-4-7-19(16)23-13-24(28-15-17(23)2)22-9-5-8-21-20-11-10-18(14-27)12-25(20)29-26(21)22;1-2-6-10(7-3-1)13-11-8-4-5-9-12-11;/h3-8,10-13,15H,1-2H3;1-6,8-9H;/q2*-1;. The Hall–Kier alpha value is -5.08. The molecule has 0 unspecified atom stereocenters. The van der Waals surface area contributed by atoms with Crippen molar-refractivity contribution in [1.82, 2.24) is 9.97 Å². The fourth-order valence-electron chi connectivity index (χ4n) is 4.79.